The summed E-state index contributed by atoms with van der Waals surface area (Å²) in [5.74, 6) is 1.70. The Labute approximate surface area is 208 Å². The summed E-state index contributed by atoms with van der Waals surface area (Å²) >= 11 is 0. The first-order valence-corrected chi connectivity index (χ1v) is 13.9. The van der Waals surface area contributed by atoms with Crippen LogP contribution >= 0.6 is 0 Å². The van der Waals surface area contributed by atoms with E-state index in [-0.39, 0.29) is 5.41 Å². The van der Waals surface area contributed by atoms with Crippen LogP contribution in [0.1, 0.15) is 98.3 Å². The lowest BCUT2D eigenvalue weighted by Crippen LogP contribution is -2.38. The zero-order chi connectivity index (χ0) is 24.9. The maximum Gasteiger partial charge on any atom is 0.0880 e. The van der Waals surface area contributed by atoms with E-state index in [2.05, 4.69) is 46.4 Å². The van der Waals surface area contributed by atoms with Gasteiger partial charge in [-0.05, 0) is 85.7 Å². The van der Waals surface area contributed by atoms with Crippen molar-refractivity contribution in [1.29, 1.82) is 0 Å². The largest absolute Gasteiger partial charge is 0.393 e. The summed E-state index contributed by atoms with van der Waals surface area (Å²) in [4.78, 5) is 0. The van der Waals surface area contributed by atoms with Crippen LogP contribution in [0.15, 0.2) is 35.5 Å². The lowest BCUT2D eigenvalue weighted by atomic mass is 9.61. The van der Waals surface area contributed by atoms with Gasteiger partial charge in [0.05, 0.1) is 24.4 Å². The van der Waals surface area contributed by atoms with Crippen LogP contribution in [0.25, 0.3) is 0 Å². The molecule has 3 aliphatic carbocycles. The Morgan fingerprint density at radius 2 is 1.88 bits per heavy atom. The molecule has 0 unspecified atom stereocenters. The molecule has 3 fully saturated rings. The van der Waals surface area contributed by atoms with Gasteiger partial charge in [0, 0.05) is 13.0 Å². The summed E-state index contributed by atoms with van der Waals surface area (Å²) in [6.07, 6.45) is 13.9. The summed E-state index contributed by atoms with van der Waals surface area (Å²) in [6.45, 7) is 14.3. The number of hydrogen-bond acceptors (Lipinski definition) is 4. The maximum absolute atomic E-state index is 10.9. The molecule has 4 nitrogen and oxygen atoms in total. The van der Waals surface area contributed by atoms with E-state index in [1.165, 1.54) is 31.3 Å². The summed E-state index contributed by atoms with van der Waals surface area (Å²) in [5.41, 5.74) is 2.90. The van der Waals surface area contributed by atoms with Crippen molar-refractivity contribution in [1.82, 2.24) is 0 Å². The van der Waals surface area contributed by atoms with Crippen LogP contribution in [0.2, 0.25) is 0 Å². The Bertz CT molecular complexity index is 747. The molecule has 3 rings (SSSR count). The zero-order valence-electron chi connectivity index (χ0n) is 22.2. The van der Waals surface area contributed by atoms with Crippen molar-refractivity contribution in [3.8, 4) is 0 Å². The molecule has 0 saturated heterocycles. The molecule has 3 N–H and O–H groups in total. The SMILES string of the molecule is C=C1/C(=C\C=C2/CCC[C@]3(C)[C@@H]([C@H](C)COCC(O)(CCC)CCC)CC[C@@H]23)C[C@@H](O)C[C@@H]1O. The Kier molecular flexibility index (Phi) is 9.65. The van der Waals surface area contributed by atoms with Crippen LogP contribution in [0, 0.1) is 23.2 Å². The van der Waals surface area contributed by atoms with E-state index in [4.69, 9.17) is 4.74 Å². The lowest BCUT2D eigenvalue weighted by Gasteiger charge is -2.44. The fraction of sp³-hybridized carbons (Fsp3) is 0.800. The average molecular weight is 475 g/mol. The molecule has 0 spiro atoms. The first kappa shape index (κ1) is 27.6. The van der Waals surface area contributed by atoms with E-state index in [0.29, 0.717) is 37.2 Å². The molecular weight excluding hydrogens is 424 g/mol. The van der Waals surface area contributed by atoms with Crippen molar-refractivity contribution >= 4 is 0 Å². The number of allylic oxidation sites excluding steroid dienone is 3. The Morgan fingerprint density at radius 3 is 2.56 bits per heavy atom. The molecule has 3 aliphatic rings. The number of fused-ring (bicyclic) bond motifs is 1. The van der Waals surface area contributed by atoms with Gasteiger partial charge in [0.15, 0.2) is 0 Å². The predicted octanol–water partition coefficient (Wildman–Crippen LogP) is 6.11. The highest BCUT2D eigenvalue weighted by Crippen LogP contribution is 2.59. The fourth-order valence-electron chi connectivity index (χ4n) is 7.43. The second kappa shape index (κ2) is 11.9. The highest BCUT2D eigenvalue weighted by Gasteiger charge is 2.50. The Hall–Kier alpha value is -0.940. The molecule has 3 saturated carbocycles. The number of rotatable bonds is 10. The number of aliphatic hydroxyl groups excluding tert-OH is 2. The van der Waals surface area contributed by atoms with Crippen LogP contribution in [-0.4, -0.2) is 46.3 Å². The molecule has 0 heterocycles. The highest BCUT2D eigenvalue weighted by molar-refractivity contribution is 5.38. The second-order valence-corrected chi connectivity index (χ2v) is 11.9. The quantitative estimate of drug-likeness (QED) is 0.357. The monoisotopic (exact) mass is 474 g/mol. The number of ether oxygens (including phenoxy) is 1. The summed E-state index contributed by atoms with van der Waals surface area (Å²) < 4.78 is 6.16. The van der Waals surface area contributed by atoms with E-state index < -0.39 is 17.8 Å². The third-order valence-electron chi connectivity index (χ3n) is 9.17. The van der Waals surface area contributed by atoms with Crippen molar-refractivity contribution in [2.75, 3.05) is 13.2 Å². The van der Waals surface area contributed by atoms with Gasteiger partial charge in [-0.1, -0.05) is 64.8 Å². The minimum atomic E-state index is -0.677. The third kappa shape index (κ3) is 6.24. The van der Waals surface area contributed by atoms with Gasteiger partial charge in [0.2, 0.25) is 0 Å². The fourth-order valence-corrected chi connectivity index (χ4v) is 7.43. The van der Waals surface area contributed by atoms with Gasteiger partial charge in [0.1, 0.15) is 0 Å². The average Bonchev–Trinajstić information content (AvgIpc) is 3.13. The minimum Gasteiger partial charge on any atom is -0.393 e. The smallest absolute Gasteiger partial charge is 0.0880 e. The van der Waals surface area contributed by atoms with Crippen LogP contribution in [0.4, 0.5) is 0 Å². The lowest BCUT2D eigenvalue weighted by molar-refractivity contribution is -0.0718. The standard InChI is InChI=1S/C30H50O4/c1-6-14-30(33,15-7-2)20-34-19-21(3)26-12-13-27-23(9-8-16-29(26,27)5)10-11-24-17-25(31)18-28(32)22(24)4/h10-11,21,25-28,31-33H,4,6-9,12-20H2,1-3,5H3/b23-10+,24-11-/t21-,25-,26-,27+,28+,29-/m1/s1. The topological polar surface area (TPSA) is 69.9 Å². The third-order valence-corrected chi connectivity index (χ3v) is 9.17. The molecule has 34 heavy (non-hydrogen) atoms. The molecule has 0 aliphatic heterocycles. The predicted molar refractivity (Wildman–Crippen MR) is 139 cm³/mol. The molecule has 0 radical (unpaired) electrons. The molecule has 0 bridgehead atoms. The van der Waals surface area contributed by atoms with Crippen molar-refractivity contribution < 1.29 is 20.1 Å². The Morgan fingerprint density at radius 1 is 1.18 bits per heavy atom. The molecule has 0 aromatic carbocycles. The normalized spacial score (nSPS) is 35.7. The molecule has 0 aromatic heterocycles. The molecule has 4 heteroatoms. The van der Waals surface area contributed by atoms with Crippen molar-refractivity contribution in [3.05, 3.63) is 35.5 Å². The van der Waals surface area contributed by atoms with Gasteiger partial charge < -0.3 is 20.1 Å². The van der Waals surface area contributed by atoms with E-state index in [0.717, 1.165) is 49.9 Å². The van der Waals surface area contributed by atoms with Crippen molar-refractivity contribution in [2.24, 2.45) is 23.2 Å². The van der Waals surface area contributed by atoms with Crippen LogP contribution < -0.4 is 0 Å². The van der Waals surface area contributed by atoms with Gasteiger partial charge in [-0.15, -0.1) is 0 Å². The number of hydrogen-bond donors (Lipinski definition) is 3. The molecular formula is C30H50O4. The zero-order valence-corrected chi connectivity index (χ0v) is 22.2. The first-order chi connectivity index (χ1) is 16.1. The van der Waals surface area contributed by atoms with E-state index >= 15 is 0 Å². The van der Waals surface area contributed by atoms with E-state index in [1.54, 1.807) is 0 Å². The van der Waals surface area contributed by atoms with Gasteiger partial charge >= 0.3 is 0 Å². The molecule has 0 amide bonds. The van der Waals surface area contributed by atoms with Gasteiger partial charge in [-0.25, -0.2) is 0 Å². The minimum absolute atomic E-state index is 0.289. The van der Waals surface area contributed by atoms with Gasteiger partial charge in [-0.3, -0.25) is 0 Å². The summed E-state index contributed by atoms with van der Waals surface area (Å²) in [5, 5.41) is 31.2. The summed E-state index contributed by atoms with van der Waals surface area (Å²) in [7, 11) is 0. The number of aliphatic hydroxyl groups is 3. The molecule has 6 atom stereocenters. The maximum atomic E-state index is 10.9. The second-order valence-electron chi connectivity index (χ2n) is 11.9. The van der Waals surface area contributed by atoms with Crippen LogP contribution in [-0.2, 0) is 4.74 Å². The van der Waals surface area contributed by atoms with Crippen molar-refractivity contribution in [2.45, 2.75) is 116 Å². The molecule has 194 valence electrons. The van der Waals surface area contributed by atoms with Gasteiger partial charge in [0.25, 0.3) is 0 Å². The van der Waals surface area contributed by atoms with Crippen molar-refractivity contribution in [3.63, 3.8) is 0 Å². The van der Waals surface area contributed by atoms with Crippen LogP contribution in [0.3, 0.4) is 0 Å². The van der Waals surface area contributed by atoms with E-state index in [9.17, 15) is 15.3 Å². The summed E-state index contributed by atoms with van der Waals surface area (Å²) in [6, 6.07) is 0. The van der Waals surface area contributed by atoms with Crippen LogP contribution in [0.5, 0.6) is 0 Å². The first-order valence-electron chi connectivity index (χ1n) is 13.9. The van der Waals surface area contributed by atoms with Gasteiger partial charge in [-0.2, -0.15) is 0 Å². The Balaban J connectivity index is 1.65. The highest BCUT2D eigenvalue weighted by atomic mass is 16.5. The van der Waals surface area contributed by atoms with E-state index in [1.807, 2.05) is 0 Å². The molecule has 0 aromatic rings.